The normalized spacial score (nSPS) is 11.6. The molecule has 3 rings (SSSR count). The van der Waals surface area contributed by atoms with Crippen molar-refractivity contribution in [3.63, 3.8) is 0 Å². The van der Waals surface area contributed by atoms with Gasteiger partial charge in [0.1, 0.15) is 22.7 Å². The van der Waals surface area contributed by atoms with E-state index in [4.69, 9.17) is 25.5 Å². The number of nitrogens with one attached hydrogen (secondary N) is 2. The Morgan fingerprint density at radius 1 is 1.19 bits per heavy atom. The van der Waals surface area contributed by atoms with Crippen LogP contribution >= 0.6 is 11.6 Å². The molecule has 3 aromatic rings. The summed E-state index contributed by atoms with van der Waals surface area (Å²) in [6.07, 6.45) is 0. The number of hydrogen-bond acceptors (Lipinski definition) is 8. The Morgan fingerprint density at radius 3 is 2.58 bits per heavy atom. The Hall–Kier alpha value is -3.72. The van der Waals surface area contributed by atoms with Crippen LogP contribution in [-0.4, -0.2) is 31.6 Å². The lowest BCUT2D eigenvalue weighted by Crippen LogP contribution is -2.26. The van der Waals surface area contributed by atoms with E-state index < -0.39 is 10.9 Å². The van der Waals surface area contributed by atoms with Gasteiger partial charge in [-0.15, -0.1) is 0 Å². The van der Waals surface area contributed by atoms with Gasteiger partial charge < -0.3 is 29.3 Å². The summed E-state index contributed by atoms with van der Waals surface area (Å²) in [6.45, 7) is 1.88. The molecule has 0 spiro atoms. The van der Waals surface area contributed by atoms with Crippen molar-refractivity contribution in [3.8, 4) is 17.1 Å². The minimum absolute atomic E-state index is 0.0944. The van der Waals surface area contributed by atoms with Gasteiger partial charge in [-0.25, -0.2) is 4.79 Å². The molecular weight excluding hydrogens is 426 g/mol. The van der Waals surface area contributed by atoms with E-state index in [9.17, 15) is 14.9 Å². The highest BCUT2D eigenvalue weighted by molar-refractivity contribution is 6.30. The molecule has 10 heteroatoms. The maximum atomic E-state index is 12.8. The summed E-state index contributed by atoms with van der Waals surface area (Å²) in [5, 5.41) is 17.3. The number of nitrogens with zero attached hydrogens (tertiary/aromatic N) is 1. The van der Waals surface area contributed by atoms with Gasteiger partial charge in [-0.05, 0) is 42.2 Å². The number of carbonyl (C=O) groups is 1. The fraction of sp³-hybridized carbons (Fsp3) is 0.190. The molecule has 0 amide bonds. The van der Waals surface area contributed by atoms with Gasteiger partial charge in [0.2, 0.25) is 0 Å². The minimum Gasteiger partial charge on any atom is -0.462 e. The number of halogens is 1. The Morgan fingerprint density at radius 2 is 1.97 bits per heavy atom. The van der Waals surface area contributed by atoms with E-state index in [2.05, 4.69) is 10.6 Å². The highest BCUT2D eigenvalue weighted by Gasteiger charge is 2.24. The van der Waals surface area contributed by atoms with Crippen molar-refractivity contribution >= 4 is 28.5 Å². The van der Waals surface area contributed by atoms with E-state index in [1.165, 1.54) is 14.1 Å². The largest absolute Gasteiger partial charge is 0.462 e. The zero-order valence-corrected chi connectivity index (χ0v) is 17.8. The number of ether oxygens (including phenoxy) is 2. The SMILES string of the molecule is CCOC(=O)c1c(-c2cccc(Cl)c2)oc2ccc(O/C(NC)=C(/NC)[N+](=O)[O-])cc12. The highest BCUT2D eigenvalue weighted by atomic mass is 35.5. The molecule has 0 saturated carbocycles. The van der Waals surface area contributed by atoms with Crippen molar-refractivity contribution < 1.29 is 23.6 Å². The van der Waals surface area contributed by atoms with Crippen molar-refractivity contribution in [1.29, 1.82) is 0 Å². The number of carbonyl (C=O) groups excluding carboxylic acids is 1. The predicted molar refractivity (Wildman–Crippen MR) is 115 cm³/mol. The van der Waals surface area contributed by atoms with E-state index >= 15 is 0 Å². The summed E-state index contributed by atoms with van der Waals surface area (Å²) in [6, 6.07) is 11.6. The average molecular weight is 446 g/mol. The minimum atomic E-state index is -0.608. The van der Waals surface area contributed by atoms with Crippen LogP contribution in [0, 0.1) is 10.1 Å². The van der Waals surface area contributed by atoms with Gasteiger partial charge in [-0.2, -0.15) is 0 Å². The van der Waals surface area contributed by atoms with Crippen LogP contribution in [0.5, 0.6) is 5.75 Å². The fourth-order valence-electron chi connectivity index (χ4n) is 3.00. The molecule has 0 unspecified atom stereocenters. The van der Waals surface area contributed by atoms with Gasteiger partial charge in [0.15, 0.2) is 0 Å². The number of furan rings is 1. The number of rotatable bonds is 8. The van der Waals surface area contributed by atoms with E-state index in [-0.39, 0.29) is 29.6 Å². The first-order valence-corrected chi connectivity index (χ1v) is 9.69. The van der Waals surface area contributed by atoms with E-state index in [0.717, 1.165) is 0 Å². The summed E-state index contributed by atoms with van der Waals surface area (Å²) < 4.78 is 16.8. The molecular formula is C21H20ClN3O6. The molecule has 9 nitrogen and oxygen atoms in total. The Bertz CT molecular complexity index is 1170. The van der Waals surface area contributed by atoms with Gasteiger partial charge in [0, 0.05) is 23.0 Å². The van der Waals surface area contributed by atoms with Crippen LogP contribution in [0.4, 0.5) is 0 Å². The lowest BCUT2D eigenvalue weighted by Gasteiger charge is -2.10. The van der Waals surface area contributed by atoms with Gasteiger partial charge in [0.05, 0.1) is 13.7 Å². The third kappa shape index (κ3) is 4.56. The first-order chi connectivity index (χ1) is 14.9. The standard InChI is InChI=1S/C21H20ClN3O6/c1-4-29-21(26)17-15-11-14(30-20(24-3)19(23-2)25(27)28)8-9-16(15)31-18(17)12-6-5-7-13(22)10-12/h5-11,23-24H,4H2,1-3H3/b20-19-. The maximum absolute atomic E-state index is 12.8. The zero-order valence-electron chi connectivity index (χ0n) is 17.0. The van der Waals surface area contributed by atoms with Gasteiger partial charge >= 0.3 is 11.8 Å². The molecule has 2 N–H and O–H groups in total. The Kier molecular flexibility index (Phi) is 6.66. The second kappa shape index (κ2) is 9.40. The third-order valence-electron chi connectivity index (χ3n) is 4.31. The topological polar surface area (TPSA) is 116 Å². The van der Waals surface area contributed by atoms with Crippen LogP contribution in [0.25, 0.3) is 22.3 Å². The molecule has 31 heavy (non-hydrogen) atoms. The Balaban J connectivity index is 2.16. The van der Waals surface area contributed by atoms with E-state index in [0.29, 0.717) is 27.3 Å². The summed E-state index contributed by atoms with van der Waals surface area (Å²) in [4.78, 5) is 23.4. The lowest BCUT2D eigenvalue weighted by atomic mass is 10.1. The van der Waals surface area contributed by atoms with Crippen LogP contribution in [0.15, 0.2) is 58.6 Å². The smallest absolute Gasteiger partial charge is 0.376 e. The molecule has 1 aromatic heterocycles. The van der Waals surface area contributed by atoms with Crippen molar-refractivity contribution in [1.82, 2.24) is 10.6 Å². The molecule has 0 saturated heterocycles. The number of fused-ring (bicyclic) bond motifs is 1. The second-order valence-corrected chi connectivity index (χ2v) is 6.67. The number of benzene rings is 2. The quantitative estimate of drug-likeness (QED) is 0.230. The molecule has 0 bridgehead atoms. The van der Waals surface area contributed by atoms with Gasteiger partial charge in [-0.1, -0.05) is 23.7 Å². The second-order valence-electron chi connectivity index (χ2n) is 6.23. The van der Waals surface area contributed by atoms with Crippen molar-refractivity contribution in [2.75, 3.05) is 20.7 Å². The van der Waals surface area contributed by atoms with Crippen molar-refractivity contribution in [2.24, 2.45) is 0 Å². The molecule has 0 aliphatic heterocycles. The van der Waals surface area contributed by atoms with Crippen molar-refractivity contribution in [2.45, 2.75) is 6.92 Å². The molecule has 0 aliphatic rings. The molecule has 0 aliphatic carbocycles. The molecule has 0 radical (unpaired) electrons. The molecule has 2 aromatic carbocycles. The monoisotopic (exact) mass is 445 g/mol. The lowest BCUT2D eigenvalue weighted by molar-refractivity contribution is -0.434. The van der Waals surface area contributed by atoms with Gasteiger partial charge in [0.25, 0.3) is 5.88 Å². The maximum Gasteiger partial charge on any atom is 0.376 e. The Labute approximate surface area is 182 Å². The first-order valence-electron chi connectivity index (χ1n) is 9.31. The van der Waals surface area contributed by atoms with E-state index in [1.807, 2.05) is 0 Å². The first kappa shape index (κ1) is 22.0. The molecule has 0 fully saturated rings. The summed E-state index contributed by atoms with van der Waals surface area (Å²) >= 11 is 6.10. The average Bonchev–Trinajstić information content (AvgIpc) is 3.12. The molecule has 0 atom stereocenters. The third-order valence-corrected chi connectivity index (χ3v) is 4.54. The van der Waals surface area contributed by atoms with Crippen LogP contribution in [0.2, 0.25) is 5.02 Å². The summed E-state index contributed by atoms with van der Waals surface area (Å²) in [5.74, 6) is -0.448. The number of hydrogen-bond donors (Lipinski definition) is 2. The van der Waals surface area contributed by atoms with Crippen LogP contribution in [-0.2, 0) is 4.74 Å². The zero-order chi connectivity index (χ0) is 22.5. The fourth-order valence-corrected chi connectivity index (χ4v) is 3.19. The highest BCUT2D eigenvalue weighted by Crippen LogP contribution is 2.37. The van der Waals surface area contributed by atoms with Gasteiger partial charge in [-0.3, -0.25) is 5.32 Å². The molecule has 1 heterocycles. The summed E-state index contributed by atoms with van der Waals surface area (Å²) in [7, 11) is 2.90. The van der Waals surface area contributed by atoms with Crippen LogP contribution < -0.4 is 15.4 Å². The predicted octanol–water partition coefficient (Wildman–Crippen LogP) is 4.15. The van der Waals surface area contributed by atoms with Crippen LogP contribution in [0.1, 0.15) is 17.3 Å². The van der Waals surface area contributed by atoms with Crippen LogP contribution in [0.3, 0.4) is 0 Å². The summed E-state index contributed by atoms with van der Waals surface area (Å²) in [5.41, 5.74) is 1.24. The number of nitro groups is 1. The molecule has 162 valence electrons. The van der Waals surface area contributed by atoms with Crippen molar-refractivity contribution in [3.05, 3.63) is 74.9 Å². The number of esters is 1. The van der Waals surface area contributed by atoms with E-state index in [1.54, 1.807) is 49.4 Å².